The lowest BCUT2D eigenvalue weighted by Crippen LogP contribution is -2.70. The highest BCUT2D eigenvalue weighted by Gasteiger charge is 2.73. The van der Waals surface area contributed by atoms with Crippen LogP contribution in [0.2, 0.25) is 0 Å². The molecule has 2 heterocycles. The maximum atomic E-state index is 14.1. The zero-order valence-corrected chi connectivity index (χ0v) is 23.8. The van der Waals surface area contributed by atoms with Gasteiger partial charge in [0.2, 0.25) is 0 Å². The van der Waals surface area contributed by atoms with E-state index in [2.05, 4.69) is 6.92 Å². The van der Waals surface area contributed by atoms with Gasteiger partial charge >= 0.3 is 5.97 Å². The Morgan fingerprint density at radius 3 is 2.45 bits per heavy atom. The summed E-state index contributed by atoms with van der Waals surface area (Å²) in [4.78, 5) is 25.9. The molecule has 4 aliphatic carbocycles. The number of aliphatic hydroxyl groups is 4. The van der Waals surface area contributed by atoms with E-state index in [1.54, 1.807) is 6.92 Å². The lowest BCUT2D eigenvalue weighted by molar-refractivity contribution is -0.313. The molecule has 10 nitrogen and oxygen atoms in total. The van der Waals surface area contributed by atoms with Crippen LogP contribution in [0, 0.1) is 34.5 Å². The molecule has 0 amide bonds. The summed E-state index contributed by atoms with van der Waals surface area (Å²) in [5.41, 5.74) is -1.96. The van der Waals surface area contributed by atoms with Crippen molar-refractivity contribution >= 4 is 11.8 Å². The molecule has 1 saturated heterocycles. The summed E-state index contributed by atoms with van der Waals surface area (Å²) in [6.07, 6.45) is 0.0981. The van der Waals surface area contributed by atoms with Crippen molar-refractivity contribution in [3.8, 4) is 0 Å². The Morgan fingerprint density at radius 1 is 1.02 bits per heavy atom. The van der Waals surface area contributed by atoms with Gasteiger partial charge in [-0.2, -0.15) is 0 Å². The van der Waals surface area contributed by atoms with Crippen molar-refractivity contribution in [2.45, 2.75) is 114 Å². The van der Waals surface area contributed by atoms with E-state index < -0.39 is 65.1 Å². The molecule has 0 aromatic rings. The van der Waals surface area contributed by atoms with E-state index >= 15 is 0 Å². The number of hydrogen-bond acceptors (Lipinski definition) is 10. The molecule has 40 heavy (non-hydrogen) atoms. The molecule has 6 aliphatic rings. The van der Waals surface area contributed by atoms with E-state index in [9.17, 15) is 30.0 Å². The van der Waals surface area contributed by atoms with Gasteiger partial charge in [-0.3, -0.25) is 4.79 Å². The Balaban J connectivity index is 1.22. The van der Waals surface area contributed by atoms with Crippen molar-refractivity contribution < 1.29 is 49.0 Å². The topological polar surface area (TPSA) is 152 Å². The molecule has 4 N–H and O–H groups in total. The number of methoxy groups -OCH3 is 1. The third-order valence-electron chi connectivity index (χ3n) is 12.2. The minimum Gasteiger partial charge on any atom is -0.458 e. The fraction of sp³-hybridized carbons (Fsp3) is 0.867. The molecule has 14 atom stereocenters. The highest BCUT2D eigenvalue weighted by Crippen LogP contribution is 2.69. The Morgan fingerprint density at radius 2 is 1.77 bits per heavy atom. The van der Waals surface area contributed by atoms with Gasteiger partial charge in [0.05, 0.1) is 17.8 Å². The number of rotatable bonds is 4. The molecule has 0 spiro atoms. The molecule has 0 radical (unpaired) electrons. The van der Waals surface area contributed by atoms with E-state index in [0.717, 1.165) is 12.0 Å². The van der Waals surface area contributed by atoms with Crippen molar-refractivity contribution in [3.05, 3.63) is 11.6 Å². The largest absolute Gasteiger partial charge is 0.458 e. The fourth-order valence-electron chi connectivity index (χ4n) is 9.86. The zero-order valence-electron chi connectivity index (χ0n) is 23.8. The summed E-state index contributed by atoms with van der Waals surface area (Å²) < 4.78 is 22.5. The van der Waals surface area contributed by atoms with Crippen molar-refractivity contribution in [1.29, 1.82) is 0 Å². The zero-order chi connectivity index (χ0) is 28.8. The monoisotopic (exact) mass is 564 g/mol. The van der Waals surface area contributed by atoms with Gasteiger partial charge in [-0.05, 0) is 80.6 Å². The number of ketones is 1. The van der Waals surface area contributed by atoms with E-state index in [1.165, 1.54) is 13.2 Å². The molecule has 4 saturated carbocycles. The van der Waals surface area contributed by atoms with Gasteiger partial charge in [0.1, 0.15) is 31.0 Å². The summed E-state index contributed by atoms with van der Waals surface area (Å²) in [6, 6.07) is 0. The first kappa shape index (κ1) is 28.7. The van der Waals surface area contributed by atoms with Gasteiger partial charge in [-0.15, -0.1) is 0 Å². The van der Waals surface area contributed by atoms with Crippen LogP contribution in [0.15, 0.2) is 11.6 Å². The molecular formula is C30H44O10. The Kier molecular flexibility index (Phi) is 7.05. The summed E-state index contributed by atoms with van der Waals surface area (Å²) in [6.45, 7) is 5.82. The predicted octanol–water partition coefficient (Wildman–Crippen LogP) is 1.26. The van der Waals surface area contributed by atoms with Gasteiger partial charge in [0.25, 0.3) is 0 Å². The van der Waals surface area contributed by atoms with Crippen LogP contribution in [0.3, 0.4) is 0 Å². The highest BCUT2D eigenvalue weighted by atomic mass is 16.7. The van der Waals surface area contributed by atoms with Crippen molar-refractivity contribution in [3.63, 3.8) is 0 Å². The van der Waals surface area contributed by atoms with Gasteiger partial charge in [0.15, 0.2) is 12.1 Å². The lowest BCUT2D eigenvalue weighted by atomic mass is 9.42. The Bertz CT molecular complexity index is 1080. The number of hydrogen-bond donors (Lipinski definition) is 4. The average Bonchev–Trinajstić information content (AvgIpc) is 3.47. The summed E-state index contributed by atoms with van der Waals surface area (Å²) in [7, 11) is 1.44. The molecule has 10 heteroatoms. The van der Waals surface area contributed by atoms with Crippen LogP contribution >= 0.6 is 0 Å². The van der Waals surface area contributed by atoms with Gasteiger partial charge < -0.3 is 39.4 Å². The summed E-state index contributed by atoms with van der Waals surface area (Å²) in [5.74, 6) is -1.51. The molecular weight excluding hydrogens is 520 g/mol. The minimum atomic E-state index is -1.34. The van der Waals surface area contributed by atoms with Gasteiger partial charge in [-0.25, -0.2) is 4.79 Å². The van der Waals surface area contributed by atoms with Crippen molar-refractivity contribution in [2.75, 3.05) is 13.7 Å². The van der Waals surface area contributed by atoms with Crippen LogP contribution in [-0.4, -0.2) is 94.4 Å². The number of cyclic esters (lactones) is 1. The number of esters is 1. The Hall–Kier alpha value is -1.40. The first-order valence-electron chi connectivity index (χ1n) is 14.9. The highest BCUT2D eigenvalue weighted by molar-refractivity contribution is 5.90. The van der Waals surface area contributed by atoms with E-state index in [0.29, 0.717) is 38.5 Å². The third kappa shape index (κ3) is 3.86. The first-order valence-corrected chi connectivity index (χ1v) is 14.9. The molecule has 0 aromatic carbocycles. The van der Waals surface area contributed by atoms with E-state index in [4.69, 9.17) is 18.9 Å². The molecule has 6 rings (SSSR count). The first-order chi connectivity index (χ1) is 18.9. The van der Waals surface area contributed by atoms with Crippen LogP contribution in [0.1, 0.15) is 65.7 Å². The second-order valence-corrected chi connectivity index (χ2v) is 13.7. The van der Waals surface area contributed by atoms with Crippen LogP contribution in [0.4, 0.5) is 0 Å². The van der Waals surface area contributed by atoms with Gasteiger partial charge in [0, 0.05) is 24.5 Å². The number of carbonyl (C=O) groups excluding carboxylic acids is 2. The number of Topliss-reactive ketones (excluding diaryl/α,β-unsaturated/α-hetero) is 1. The van der Waals surface area contributed by atoms with Crippen LogP contribution < -0.4 is 0 Å². The minimum absolute atomic E-state index is 0.138. The van der Waals surface area contributed by atoms with Crippen molar-refractivity contribution in [1.82, 2.24) is 0 Å². The molecule has 0 unspecified atom stereocenters. The SMILES string of the molecule is CO[C@H]1[C@@H](O)[C@@H](C)O[C@@H](O[C@H]2CC[C@@]3(C)[C@H](CC[C@@H]4[C@@H]3C(=O)[C@@H](O)[C@]3(C)[C@@H](C5=CC(=O)OC5)CC[C@]43O)C2)[C@@H]1O. The molecule has 224 valence electrons. The number of carbonyl (C=O) groups is 2. The maximum Gasteiger partial charge on any atom is 0.331 e. The van der Waals surface area contributed by atoms with Gasteiger partial charge in [-0.1, -0.05) is 13.8 Å². The predicted molar refractivity (Wildman–Crippen MR) is 140 cm³/mol. The molecule has 5 fully saturated rings. The second kappa shape index (κ2) is 9.82. The summed E-state index contributed by atoms with van der Waals surface area (Å²) in [5, 5.41) is 45.1. The Labute approximate surface area is 235 Å². The van der Waals surface area contributed by atoms with Crippen LogP contribution in [0.25, 0.3) is 0 Å². The smallest absolute Gasteiger partial charge is 0.331 e. The second-order valence-electron chi connectivity index (χ2n) is 13.7. The normalized spacial score (nSPS) is 54.3. The molecule has 2 aliphatic heterocycles. The summed E-state index contributed by atoms with van der Waals surface area (Å²) >= 11 is 0. The van der Waals surface area contributed by atoms with E-state index in [1.807, 2.05) is 6.92 Å². The number of aliphatic hydroxyl groups excluding tert-OH is 3. The van der Waals surface area contributed by atoms with Crippen molar-refractivity contribution in [2.24, 2.45) is 34.5 Å². The molecule has 0 aromatic heterocycles. The number of fused-ring (bicyclic) bond motifs is 5. The maximum absolute atomic E-state index is 14.1. The average molecular weight is 565 g/mol. The molecule has 0 bridgehead atoms. The number of ether oxygens (including phenoxy) is 4. The fourth-order valence-corrected chi connectivity index (χ4v) is 9.86. The van der Waals surface area contributed by atoms with Crippen LogP contribution in [-0.2, 0) is 28.5 Å². The standard InChI is InChI=1S/C30H44O10/c1-14-22(32)25(37-4)24(34)27(39-14)40-17-7-9-28(2)16(12-17)5-6-19-21(28)23(33)26(35)29(3)18(8-10-30(19,29)36)15-11-20(31)38-13-15/h11,14,16-19,21-22,24-27,32,34-36H,5-10,12-13H2,1-4H3/t14-,16-,17+,18-,19-,21-,22+,24-,25+,26-,27+,28+,29+,30+/m1/s1. The quantitative estimate of drug-likeness (QED) is 0.290. The lowest BCUT2D eigenvalue weighted by Gasteiger charge is -2.64. The van der Waals surface area contributed by atoms with Crippen LogP contribution in [0.5, 0.6) is 0 Å². The third-order valence-corrected chi connectivity index (χ3v) is 12.2. The van der Waals surface area contributed by atoms with E-state index in [-0.39, 0.29) is 36.2 Å².